The zero-order chi connectivity index (χ0) is 15.3. The van der Waals surface area contributed by atoms with Gasteiger partial charge in [0.1, 0.15) is 0 Å². The fourth-order valence-corrected chi connectivity index (χ4v) is 16.7. The van der Waals surface area contributed by atoms with Crippen molar-refractivity contribution in [2.45, 2.75) is 79.5 Å². The number of rotatable bonds is 12. The first-order valence-electron chi connectivity index (χ1n) is 8.45. The molecule has 0 atom stereocenters. The maximum atomic E-state index is 10.7. The Labute approximate surface area is 130 Å². The first-order valence-corrected chi connectivity index (χ1v) is 16.2. The molecule has 0 aromatic carbocycles. The van der Waals surface area contributed by atoms with E-state index in [1.54, 1.807) is 0 Å². The van der Waals surface area contributed by atoms with Crippen molar-refractivity contribution in [1.29, 1.82) is 0 Å². The van der Waals surface area contributed by atoms with E-state index in [4.69, 9.17) is 0 Å². The van der Waals surface area contributed by atoms with Gasteiger partial charge in [0.25, 0.3) is 0 Å². The second-order valence-electron chi connectivity index (χ2n) is 6.06. The van der Waals surface area contributed by atoms with E-state index in [2.05, 4.69) is 30.9 Å². The molecule has 0 amide bonds. The predicted molar refractivity (Wildman–Crippen MR) is 93.9 cm³/mol. The van der Waals surface area contributed by atoms with Crippen LogP contribution in [0.5, 0.6) is 0 Å². The summed E-state index contributed by atoms with van der Waals surface area (Å²) in [5.41, 5.74) is 0.836. The van der Waals surface area contributed by atoms with Crippen molar-refractivity contribution in [3.05, 3.63) is 21.8 Å². The van der Waals surface area contributed by atoms with Crippen molar-refractivity contribution in [2.75, 3.05) is 0 Å². The second kappa shape index (κ2) is 12.7. The van der Waals surface area contributed by atoms with E-state index in [0.29, 0.717) is 0 Å². The third kappa shape index (κ3) is 8.99. The Morgan fingerprint density at radius 1 is 0.900 bits per heavy atom. The van der Waals surface area contributed by atoms with Crippen molar-refractivity contribution >= 4 is 24.7 Å². The Hall–Kier alpha value is -0.0513. The molecule has 0 N–H and O–H groups in total. The summed E-state index contributed by atoms with van der Waals surface area (Å²) in [6.07, 6.45) is 13.3. The Kier molecular flexibility index (Phi) is 12.6. The number of unbranched alkanes of at least 4 members (excludes halogenated alkanes) is 3. The number of hydrogen-bond donors (Lipinski definition) is 0. The van der Waals surface area contributed by atoms with Gasteiger partial charge in [-0.3, -0.25) is 0 Å². The van der Waals surface area contributed by atoms with Crippen LogP contribution in [-0.4, -0.2) is 24.7 Å². The molecule has 1 nitrogen and oxygen atoms in total. The average molecular weight is 385 g/mol. The molecule has 0 saturated carbocycles. The fourth-order valence-electron chi connectivity index (χ4n) is 2.65. The quantitative estimate of drug-likeness (QED) is 0.172. The van der Waals surface area contributed by atoms with Gasteiger partial charge in [0.15, 0.2) is 0 Å². The minimum absolute atomic E-state index is 0.836. The van der Waals surface area contributed by atoms with Gasteiger partial charge in [0.05, 0.1) is 0 Å². The number of carbonyl (C=O) groups is 1. The van der Waals surface area contributed by atoms with E-state index in [-0.39, 0.29) is 0 Å². The minimum atomic E-state index is -2.11. The molecule has 116 valence electrons. The van der Waals surface area contributed by atoms with Crippen LogP contribution < -0.4 is 0 Å². The molecule has 0 aliphatic heterocycles. The molecule has 0 rings (SSSR count). The molecule has 0 aromatic heterocycles. The third-order valence-electron chi connectivity index (χ3n) is 4.08. The first-order chi connectivity index (χ1) is 9.64. The molecule has 0 unspecified atom stereocenters. The first kappa shape index (κ1) is 19.9. The van der Waals surface area contributed by atoms with Crippen LogP contribution in [0.15, 0.2) is 21.8 Å². The number of allylic oxidation sites excluding steroid dienone is 3. The maximum absolute atomic E-state index is 10.7. The number of hydrogen-bond acceptors (Lipinski definition) is 1. The normalized spacial score (nSPS) is 13.1. The SMILES string of the molecule is CCC[CH2][Sn](/[CH]=C/C=C(\C)C=O)([CH2]CCC)[CH2]CCC. The van der Waals surface area contributed by atoms with Crippen LogP contribution in [-0.2, 0) is 4.79 Å². The summed E-state index contributed by atoms with van der Waals surface area (Å²) in [7, 11) is 0. The molecule has 0 fully saturated rings. The molecule has 0 bridgehead atoms. The molecule has 0 spiro atoms. The van der Waals surface area contributed by atoms with Gasteiger partial charge >= 0.3 is 131 Å². The van der Waals surface area contributed by atoms with E-state index in [0.717, 1.165) is 11.9 Å². The molecule has 0 aliphatic carbocycles. The Morgan fingerprint density at radius 2 is 1.35 bits per heavy atom. The molecular weight excluding hydrogens is 351 g/mol. The van der Waals surface area contributed by atoms with Crippen LogP contribution >= 0.6 is 0 Å². The summed E-state index contributed by atoms with van der Waals surface area (Å²) in [4.78, 5) is 10.7. The van der Waals surface area contributed by atoms with Crippen molar-refractivity contribution in [1.82, 2.24) is 0 Å². The van der Waals surface area contributed by atoms with Gasteiger partial charge in [-0.25, -0.2) is 0 Å². The summed E-state index contributed by atoms with van der Waals surface area (Å²) >= 11 is -2.11. The van der Waals surface area contributed by atoms with Crippen LogP contribution in [0.25, 0.3) is 0 Å². The number of carbonyl (C=O) groups excluding carboxylic acids is 1. The molecule has 20 heavy (non-hydrogen) atoms. The standard InChI is InChI=1S/C6H7O.3C4H9.Sn/c1-3-4-6(2)5-7;3*1-3-4-2;/h1,3-5H,2H3;3*1,3-4H2,2H3;/b3-1?,6-4+;;;;. The van der Waals surface area contributed by atoms with Crippen LogP contribution in [0.2, 0.25) is 13.3 Å². The van der Waals surface area contributed by atoms with Crippen molar-refractivity contribution < 1.29 is 4.79 Å². The topological polar surface area (TPSA) is 17.1 Å². The zero-order valence-corrected chi connectivity index (χ0v) is 16.9. The van der Waals surface area contributed by atoms with Crippen LogP contribution in [0.1, 0.15) is 66.2 Å². The molecule has 2 heteroatoms. The molecule has 0 saturated heterocycles. The van der Waals surface area contributed by atoms with E-state index in [9.17, 15) is 4.79 Å². The molecular formula is C18H34OSn. The molecule has 0 radical (unpaired) electrons. The van der Waals surface area contributed by atoms with E-state index >= 15 is 0 Å². The summed E-state index contributed by atoms with van der Waals surface area (Å²) in [5, 5.41) is 0. The molecule has 0 heterocycles. The molecule has 0 aliphatic rings. The van der Waals surface area contributed by atoms with Gasteiger partial charge < -0.3 is 0 Å². The number of aldehydes is 1. The van der Waals surface area contributed by atoms with Crippen molar-refractivity contribution in [2.24, 2.45) is 0 Å². The predicted octanol–water partition coefficient (Wildman–Crippen LogP) is 6.08. The average Bonchev–Trinajstić information content (AvgIpc) is 2.48. The second-order valence-corrected chi connectivity index (χ2v) is 19.1. The van der Waals surface area contributed by atoms with Crippen molar-refractivity contribution in [3.63, 3.8) is 0 Å². The van der Waals surface area contributed by atoms with Gasteiger partial charge in [-0.1, -0.05) is 0 Å². The van der Waals surface area contributed by atoms with Crippen LogP contribution in [0.4, 0.5) is 0 Å². The summed E-state index contributed by atoms with van der Waals surface area (Å²) in [6, 6.07) is 0. The van der Waals surface area contributed by atoms with Gasteiger partial charge in [-0.05, 0) is 0 Å². The fraction of sp³-hybridized carbons (Fsp3) is 0.722. The van der Waals surface area contributed by atoms with Crippen LogP contribution in [0, 0.1) is 0 Å². The Balaban J connectivity index is 4.96. The Morgan fingerprint density at radius 3 is 1.70 bits per heavy atom. The van der Waals surface area contributed by atoms with E-state index < -0.39 is 18.4 Å². The Bertz CT molecular complexity index is 283. The summed E-state index contributed by atoms with van der Waals surface area (Å²) < 4.78 is 7.09. The van der Waals surface area contributed by atoms with Gasteiger partial charge in [0.2, 0.25) is 0 Å². The summed E-state index contributed by atoms with van der Waals surface area (Å²) in [5.74, 6) is 0. The van der Waals surface area contributed by atoms with Gasteiger partial charge in [0, 0.05) is 0 Å². The van der Waals surface area contributed by atoms with E-state index in [1.165, 1.54) is 51.8 Å². The monoisotopic (exact) mass is 386 g/mol. The van der Waals surface area contributed by atoms with Gasteiger partial charge in [-0.15, -0.1) is 0 Å². The third-order valence-corrected chi connectivity index (χ3v) is 18.2. The van der Waals surface area contributed by atoms with Gasteiger partial charge in [-0.2, -0.15) is 0 Å². The summed E-state index contributed by atoms with van der Waals surface area (Å²) in [6.45, 7) is 8.79. The molecule has 0 aromatic rings. The zero-order valence-electron chi connectivity index (χ0n) is 14.1. The van der Waals surface area contributed by atoms with Crippen molar-refractivity contribution in [3.8, 4) is 0 Å². The van der Waals surface area contributed by atoms with E-state index in [1.807, 2.05) is 13.0 Å². The van der Waals surface area contributed by atoms with Crippen LogP contribution in [0.3, 0.4) is 0 Å².